The quantitative estimate of drug-likeness (QED) is 0.661. The van der Waals surface area contributed by atoms with Crippen molar-refractivity contribution in [3.05, 3.63) is 29.8 Å². The lowest BCUT2D eigenvalue weighted by Gasteiger charge is -2.32. The van der Waals surface area contributed by atoms with Crippen LogP contribution in [0.2, 0.25) is 0 Å². The second kappa shape index (κ2) is 10.5. The number of benzene rings is 1. The fourth-order valence-corrected chi connectivity index (χ4v) is 3.58. The molecule has 3 rings (SSSR count). The lowest BCUT2D eigenvalue weighted by atomic mass is 10.1. The molecule has 2 N–H and O–H groups in total. The first-order valence-electron chi connectivity index (χ1n) is 10.3. The molecule has 28 heavy (non-hydrogen) atoms. The predicted octanol–water partition coefficient (Wildman–Crippen LogP) is 1.56. The van der Waals surface area contributed by atoms with E-state index in [0.717, 1.165) is 58.4 Å². The zero-order valence-electron chi connectivity index (χ0n) is 16.8. The van der Waals surface area contributed by atoms with E-state index >= 15 is 0 Å². The van der Waals surface area contributed by atoms with Gasteiger partial charge in [0.2, 0.25) is 0 Å². The fraction of sp³-hybridized carbons (Fsp3) is 0.619. The summed E-state index contributed by atoms with van der Waals surface area (Å²) in [5.74, 6) is -0.244. The number of hydrogen-bond acceptors (Lipinski definition) is 5. The molecule has 2 heterocycles. The summed E-state index contributed by atoms with van der Waals surface area (Å²) in [6, 6.07) is 7.06. The highest BCUT2D eigenvalue weighted by Gasteiger charge is 2.23. The average molecular weight is 389 g/mol. The predicted molar refractivity (Wildman–Crippen MR) is 110 cm³/mol. The number of hydrogen-bond donors (Lipinski definition) is 2. The molecule has 2 amide bonds. The van der Waals surface area contributed by atoms with E-state index in [1.165, 1.54) is 0 Å². The third-order valence-corrected chi connectivity index (χ3v) is 5.40. The standard InChI is InChI=1S/C21H32N4O3/c1-24-11-13-25(14-12-24)10-3-2-9-22-20(26)17-6-4-7-18(16-17)23-21(27)19-8-5-15-28-19/h4,6-7,16,19H,2-3,5,8-15H2,1H3,(H,22,26)(H,23,27). The molecule has 1 unspecified atom stereocenters. The Morgan fingerprint density at radius 3 is 2.75 bits per heavy atom. The van der Waals surface area contributed by atoms with Gasteiger partial charge in [-0.15, -0.1) is 0 Å². The van der Waals surface area contributed by atoms with Gasteiger partial charge in [0.25, 0.3) is 11.8 Å². The lowest BCUT2D eigenvalue weighted by Crippen LogP contribution is -2.44. The van der Waals surface area contributed by atoms with Gasteiger partial charge in [0, 0.05) is 50.6 Å². The molecule has 1 aromatic carbocycles. The first-order valence-corrected chi connectivity index (χ1v) is 10.3. The molecule has 1 atom stereocenters. The van der Waals surface area contributed by atoms with Crippen LogP contribution in [-0.4, -0.2) is 80.6 Å². The van der Waals surface area contributed by atoms with Crippen molar-refractivity contribution in [1.82, 2.24) is 15.1 Å². The van der Waals surface area contributed by atoms with Gasteiger partial charge in [-0.1, -0.05) is 6.07 Å². The first kappa shape index (κ1) is 20.8. The van der Waals surface area contributed by atoms with Gasteiger partial charge in [-0.2, -0.15) is 0 Å². The Labute approximate surface area is 167 Å². The van der Waals surface area contributed by atoms with Crippen molar-refractivity contribution in [3.8, 4) is 0 Å². The highest BCUT2D eigenvalue weighted by atomic mass is 16.5. The highest BCUT2D eigenvalue weighted by Crippen LogP contribution is 2.16. The van der Waals surface area contributed by atoms with Crippen LogP contribution in [0.5, 0.6) is 0 Å². The van der Waals surface area contributed by atoms with E-state index in [9.17, 15) is 9.59 Å². The minimum atomic E-state index is -0.377. The van der Waals surface area contributed by atoms with Gasteiger partial charge in [-0.25, -0.2) is 0 Å². The molecular weight excluding hydrogens is 356 g/mol. The molecule has 154 valence electrons. The minimum Gasteiger partial charge on any atom is -0.368 e. The molecule has 0 aromatic heterocycles. The van der Waals surface area contributed by atoms with Crippen LogP contribution in [0.1, 0.15) is 36.0 Å². The van der Waals surface area contributed by atoms with Gasteiger partial charge in [0.05, 0.1) is 0 Å². The van der Waals surface area contributed by atoms with Gasteiger partial charge in [0.15, 0.2) is 0 Å². The summed E-state index contributed by atoms with van der Waals surface area (Å²) in [5.41, 5.74) is 1.19. The zero-order chi connectivity index (χ0) is 19.8. The number of carbonyl (C=O) groups excluding carboxylic acids is 2. The molecule has 0 aliphatic carbocycles. The summed E-state index contributed by atoms with van der Waals surface area (Å²) in [5, 5.41) is 5.82. The van der Waals surface area contributed by atoms with Gasteiger partial charge in [-0.3, -0.25) is 9.59 Å². The van der Waals surface area contributed by atoms with Crippen molar-refractivity contribution in [2.75, 3.05) is 58.2 Å². The van der Waals surface area contributed by atoms with Crippen LogP contribution in [0, 0.1) is 0 Å². The number of piperazine rings is 1. The van der Waals surface area contributed by atoms with Crippen LogP contribution in [0.25, 0.3) is 0 Å². The van der Waals surface area contributed by atoms with Crippen LogP contribution in [0.4, 0.5) is 5.69 Å². The SMILES string of the molecule is CN1CCN(CCCCNC(=O)c2cccc(NC(=O)C3CCCO3)c2)CC1. The van der Waals surface area contributed by atoms with E-state index < -0.39 is 0 Å². The molecule has 0 bridgehead atoms. The van der Waals surface area contributed by atoms with Gasteiger partial charge in [0.1, 0.15) is 6.10 Å². The average Bonchev–Trinajstić information content (AvgIpc) is 3.24. The van der Waals surface area contributed by atoms with Gasteiger partial charge in [-0.05, 0) is 57.5 Å². The summed E-state index contributed by atoms with van der Waals surface area (Å²) in [6.07, 6.45) is 3.34. The van der Waals surface area contributed by atoms with Crippen molar-refractivity contribution < 1.29 is 14.3 Å². The van der Waals surface area contributed by atoms with Gasteiger partial charge < -0.3 is 25.2 Å². The zero-order valence-corrected chi connectivity index (χ0v) is 16.8. The van der Waals surface area contributed by atoms with Crippen LogP contribution in [-0.2, 0) is 9.53 Å². The Kier molecular flexibility index (Phi) is 7.82. The van der Waals surface area contributed by atoms with E-state index in [-0.39, 0.29) is 17.9 Å². The Bertz CT molecular complexity index is 653. The molecule has 0 radical (unpaired) electrons. The number of ether oxygens (including phenoxy) is 1. The molecule has 7 heteroatoms. The van der Waals surface area contributed by atoms with Crippen molar-refractivity contribution in [2.45, 2.75) is 31.8 Å². The molecule has 2 saturated heterocycles. The van der Waals surface area contributed by atoms with Gasteiger partial charge >= 0.3 is 0 Å². The van der Waals surface area contributed by atoms with E-state index in [1.54, 1.807) is 24.3 Å². The molecule has 2 fully saturated rings. The summed E-state index contributed by atoms with van der Waals surface area (Å²) in [6.45, 7) is 6.93. The van der Waals surface area contributed by atoms with Crippen LogP contribution in [0.15, 0.2) is 24.3 Å². The molecule has 2 aliphatic rings. The normalized spacial score (nSPS) is 20.8. The number of anilines is 1. The maximum absolute atomic E-state index is 12.4. The van der Waals surface area contributed by atoms with E-state index in [2.05, 4.69) is 27.5 Å². The molecule has 0 spiro atoms. The maximum Gasteiger partial charge on any atom is 0.253 e. The van der Waals surface area contributed by atoms with Crippen LogP contribution >= 0.6 is 0 Å². The summed E-state index contributed by atoms with van der Waals surface area (Å²) in [7, 11) is 2.16. The number of unbranched alkanes of at least 4 members (excludes halogenated alkanes) is 1. The largest absolute Gasteiger partial charge is 0.368 e. The summed E-state index contributed by atoms with van der Waals surface area (Å²) >= 11 is 0. The molecule has 7 nitrogen and oxygen atoms in total. The monoisotopic (exact) mass is 388 g/mol. The molecule has 0 saturated carbocycles. The third kappa shape index (κ3) is 6.29. The minimum absolute atomic E-state index is 0.104. The molecular formula is C21H32N4O3. The number of likely N-dealkylation sites (N-methyl/N-ethyl adjacent to an activating group) is 1. The molecule has 2 aliphatic heterocycles. The summed E-state index contributed by atoms with van der Waals surface area (Å²) < 4.78 is 5.39. The van der Waals surface area contributed by atoms with Crippen molar-refractivity contribution in [3.63, 3.8) is 0 Å². The van der Waals surface area contributed by atoms with E-state index in [1.807, 2.05) is 0 Å². The Morgan fingerprint density at radius 1 is 1.18 bits per heavy atom. The van der Waals surface area contributed by atoms with Crippen LogP contribution in [0.3, 0.4) is 0 Å². The van der Waals surface area contributed by atoms with Crippen molar-refractivity contribution in [1.29, 1.82) is 0 Å². The Hall–Kier alpha value is -1.96. The van der Waals surface area contributed by atoms with Crippen molar-refractivity contribution in [2.24, 2.45) is 0 Å². The third-order valence-electron chi connectivity index (χ3n) is 5.40. The Balaban J connectivity index is 1.36. The first-order chi connectivity index (χ1) is 13.6. The number of rotatable bonds is 8. The number of nitrogens with one attached hydrogen (secondary N) is 2. The number of amides is 2. The smallest absolute Gasteiger partial charge is 0.253 e. The fourth-order valence-electron chi connectivity index (χ4n) is 3.58. The maximum atomic E-state index is 12.4. The highest BCUT2D eigenvalue weighted by molar-refractivity contribution is 5.98. The lowest BCUT2D eigenvalue weighted by molar-refractivity contribution is -0.124. The number of carbonyl (C=O) groups is 2. The van der Waals surface area contributed by atoms with Crippen molar-refractivity contribution >= 4 is 17.5 Å². The number of nitrogens with zero attached hydrogens (tertiary/aromatic N) is 2. The second-order valence-electron chi connectivity index (χ2n) is 7.68. The topological polar surface area (TPSA) is 73.9 Å². The second-order valence-corrected chi connectivity index (χ2v) is 7.68. The van der Waals surface area contributed by atoms with E-state index in [4.69, 9.17) is 4.74 Å². The van der Waals surface area contributed by atoms with Crippen LogP contribution < -0.4 is 10.6 Å². The summed E-state index contributed by atoms with van der Waals surface area (Å²) in [4.78, 5) is 29.4. The van der Waals surface area contributed by atoms with E-state index in [0.29, 0.717) is 24.4 Å². The Morgan fingerprint density at radius 2 is 2.00 bits per heavy atom. The molecule has 1 aromatic rings.